The summed E-state index contributed by atoms with van der Waals surface area (Å²) < 4.78 is 47.4. The maximum Gasteiger partial charge on any atom is 0.419 e. The van der Waals surface area contributed by atoms with Crippen molar-refractivity contribution in [1.82, 2.24) is 19.9 Å². The zero-order valence-corrected chi connectivity index (χ0v) is 21.5. The first-order chi connectivity index (χ1) is 18.8. The molecule has 0 saturated carbocycles. The first kappa shape index (κ1) is 26.2. The van der Waals surface area contributed by atoms with Gasteiger partial charge in [-0.05, 0) is 37.4 Å². The van der Waals surface area contributed by atoms with Crippen molar-refractivity contribution >= 4 is 28.6 Å². The number of nitrogens with one attached hydrogen (secondary N) is 2. The molecule has 1 fully saturated rings. The van der Waals surface area contributed by atoms with Crippen LogP contribution in [0.25, 0.3) is 11.4 Å². The van der Waals surface area contributed by atoms with Crippen LogP contribution in [0.2, 0.25) is 0 Å². The van der Waals surface area contributed by atoms with Crippen molar-refractivity contribution < 1.29 is 17.9 Å². The molecule has 0 spiro atoms. The molecule has 4 aromatic rings. The molecule has 0 bridgehead atoms. The summed E-state index contributed by atoms with van der Waals surface area (Å²) in [6, 6.07) is 15.7. The van der Waals surface area contributed by atoms with E-state index < -0.39 is 11.7 Å². The molecule has 0 aliphatic carbocycles. The lowest BCUT2D eigenvalue weighted by Gasteiger charge is -2.34. The standard InChI is InChI=1S/C28H28F3N7O/c1-37-12-14-38(15-13-37)19-8-9-23(25(16-19)39-2)36-26-17-24(21(18-34-26)28(29,30)31)35-22-7-4-3-6-20(22)27-32-10-5-11-33-27/h3-11,16-18H,12-15H2,1-2H3,(H2,34,35,36). The molecule has 2 aromatic carbocycles. The number of aromatic nitrogens is 3. The van der Waals surface area contributed by atoms with E-state index in [9.17, 15) is 13.2 Å². The molecule has 5 rings (SSSR count). The first-order valence-electron chi connectivity index (χ1n) is 12.4. The normalized spacial score (nSPS) is 14.2. The predicted octanol–water partition coefficient (Wildman–Crippen LogP) is 5.81. The zero-order chi connectivity index (χ0) is 27.4. The molecular weight excluding hydrogens is 507 g/mol. The Bertz CT molecular complexity index is 1420. The minimum absolute atomic E-state index is 0.156. The van der Waals surface area contributed by atoms with E-state index >= 15 is 0 Å². The Balaban J connectivity index is 1.45. The van der Waals surface area contributed by atoms with Gasteiger partial charge in [-0.15, -0.1) is 0 Å². The quantitative estimate of drug-likeness (QED) is 0.307. The highest BCUT2D eigenvalue weighted by Crippen LogP contribution is 2.39. The molecule has 0 radical (unpaired) electrons. The monoisotopic (exact) mass is 535 g/mol. The van der Waals surface area contributed by atoms with Gasteiger partial charge in [-0.1, -0.05) is 12.1 Å². The van der Waals surface area contributed by atoms with Gasteiger partial charge in [0.1, 0.15) is 11.6 Å². The van der Waals surface area contributed by atoms with E-state index in [0.717, 1.165) is 38.1 Å². The largest absolute Gasteiger partial charge is 0.494 e. The highest BCUT2D eigenvalue weighted by molar-refractivity contribution is 5.80. The second kappa shape index (κ2) is 11.2. The van der Waals surface area contributed by atoms with Gasteiger partial charge in [-0.25, -0.2) is 15.0 Å². The van der Waals surface area contributed by atoms with Gasteiger partial charge in [0, 0.05) is 73.8 Å². The molecule has 8 nitrogen and oxygen atoms in total. The number of ether oxygens (including phenoxy) is 1. The van der Waals surface area contributed by atoms with Crippen LogP contribution in [0.15, 0.2) is 73.2 Å². The second-order valence-corrected chi connectivity index (χ2v) is 9.16. The number of methoxy groups -OCH3 is 1. The molecule has 1 saturated heterocycles. The molecule has 0 unspecified atom stereocenters. The Morgan fingerprint density at radius 1 is 0.821 bits per heavy atom. The molecular formula is C28H28F3N7O. The number of likely N-dealkylation sites (N-methyl/N-ethyl adjacent to an activating group) is 1. The van der Waals surface area contributed by atoms with E-state index in [1.165, 1.54) is 6.07 Å². The second-order valence-electron chi connectivity index (χ2n) is 9.16. The zero-order valence-electron chi connectivity index (χ0n) is 21.5. The topological polar surface area (TPSA) is 78.4 Å². The summed E-state index contributed by atoms with van der Waals surface area (Å²) in [4.78, 5) is 17.1. The van der Waals surface area contributed by atoms with Gasteiger partial charge in [0.25, 0.3) is 0 Å². The summed E-state index contributed by atoms with van der Waals surface area (Å²) >= 11 is 0. The van der Waals surface area contributed by atoms with E-state index in [1.54, 1.807) is 49.8 Å². The Hall–Kier alpha value is -4.38. The molecule has 202 valence electrons. The molecule has 11 heteroatoms. The van der Waals surface area contributed by atoms with Crippen LogP contribution in [-0.4, -0.2) is 60.2 Å². The van der Waals surface area contributed by atoms with Crippen molar-refractivity contribution in [3.8, 4) is 17.1 Å². The molecule has 1 aliphatic rings. The third-order valence-electron chi connectivity index (χ3n) is 6.53. The summed E-state index contributed by atoms with van der Waals surface area (Å²) in [5.74, 6) is 1.19. The van der Waals surface area contributed by atoms with Crippen molar-refractivity contribution in [2.45, 2.75) is 6.18 Å². The van der Waals surface area contributed by atoms with Gasteiger partial charge in [0.15, 0.2) is 5.82 Å². The Labute approximate surface area is 224 Å². The van der Waals surface area contributed by atoms with Crippen LogP contribution < -0.4 is 20.3 Å². The number of pyridine rings is 1. The van der Waals surface area contributed by atoms with E-state index in [2.05, 4.69) is 42.4 Å². The van der Waals surface area contributed by atoms with Crippen LogP contribution >= 0.6 is 0 Å². The number of para-hydroxylation sites is 1. The third-order valence-corrected chi connectivity index (χ3v) is 6.53. The summed E-state index contributed by atoms with van der Waals surface area (Å²) in [7, 11) is 3.66. The van der Waals surface area contributed by atoms with E-state index in [-0.39, 0.29) is 11.5 Å². The number of nitrogens with zero attached hydrogens (tertiary/aromatic N) is 5. The van der Waals surface area contributed by atoms with Crippen LogP contribution in [0.1, 0.15) is 5.56 Å². The Morgan fingerprint density at radius 3 is 2.28 bits per heavy atom. The lowest BCUT2D eigenvalue weighted by molar-refractivity contribution is -0.137. The minimum Gasteiger partial charge on any atom is -0.494 e. The maximum atomic E-state index is 13.9. The summed E-state index contributed by atoms with van der Waals surface area (Å²) in [6.07, 6.45) is -0.639. The Morgan fingerprint density at radius 2 is 1.56 bits per heavy atom. The highest BCUT2D eigenvalue weighted by atomic mass is 19.4. The number of hydrogen-bond donors (Lipinski definition) is 2. The smallest absolute Gasteiger partial charge is 0.419 e. The number of alkyl halides is 3. The van der Waals surface area contributed by atoms with Gasteiger partial charge >= 0.3 is 6.18 Å². The van der Waals surface area contributed by atoms with Crippen molar-refractivity contribution in [2.24, 2.45) is 0 Å². The Kier molecular flexibility index (Phi) is 7.51. The fraction of sp³-hybridized carbons (Fsp3) is 0.250. The number of anilines is 5. The summed E-state index contributed by atoms with van der Waals surface area (Å²) in [5, 5.41) is 6.05. The molecule has 2 N–H and O–H groups in total. The van der Waals surface area contributed by atoms with Crippen LogP contribution in [0.4, 0.5) is 41.7 Å². The van der Waals surface area contributed by atoms with Crippen molar-refractivity contribution in [1.29, 1.82) is 0 Å². The molecule has 0 atom stereocenters. The van der Waals surface area contributed by atoms with E-state index in [4.69, 9.17) is 4.74 Å². The molecule has 39 heavy (non-hydrogen) atoms. The van der Waals surface area contributed by atoms with Crippen molar-refractivity contribution in [3.63, 3.8) is 0 Å². The minimum atomic E-state index is -4.62. The van der Waals surface area contributed by atoms with Gasteiger partial charge in [0.05, 0.1) is 24.0 Å². The average Bonchev–Trinajstić information content (AvgIpc) is 2.94. The van der Waals surface area contributed by atoms with Gasteiger partial charge in [-0.2, -0.15) is 13.2 Å². The van der Waals surface area contributed by atoms with Crippen LogP contribution in [-0.2, 0) is 6.18 Å². The third kappa shape index (κ3) is 6.04. The maximum absolute atomic E-state index is 13.9. The molecule has 3 heterocycles. The van der Waals surface area contributed by atoms with Crippen LogP contribution in [0, 0.1) is 0 Å². The number of halogens is 3. The summed E-state index contributed by atoms with van der Waals surface area (Å²) in [6.45, 7) is 3.73. The average molecular weight is 536 g/mol. The number of rotatable bonds is 7. The fourth-order valence-electron chi connectivity index (χ4n) is 4.41. The van der Waals surface area contributed by atoms with Crippen LogP contribution in [0.3, 0.4) is 0 Å². The van der Waals surface area contributed by atoms with Crippen LogP contribution in [0.5, 0.6) is 5.75 Å². The first-order valence-corrected chi connectivity index (χ1v) is 12.4. The van der Waals surface area contributed by atoms with Crippen molar-refractivity contribution in [2.75, 3.05) is 55.9 Å². The van der Waals surface area contributed by atoms with Crippen molar-refractivity contribution in [3.05, 3.63) is 78.8 Å². The number of hydrogen-bond acceptors (Lipinski definition) is 8. The highest BCUT2D eigenvalue weighted by Gasteiger charge is 2.34. The van der Waals surface area contributed by atoms with Gasteiger partial charge in [0.2, 0.25) is 0 Å². The van der Waals surface area contributed by atoms with E-state index in [1.807, 2.05) is 18.2 Å². The number of benzene rings is 2. The lowest BCUT2D eigenvalue weighted by Crippen LogP contribution is -2.44. The van der Waals surface area contributed by atoms with Gasteiger partial charge < -0.3 is 25.2 Å². The summed E-state index contributed by atoms with van der Waals surface area (Å²) in [5.41, 5.74) is 1.56. The fourth-order valence-corrected chi connectivity index (χ4v) is 4.41. The molecule has 0 amide bonds. The SMILES string of the molecule is COc1cc(N2CCN(C)CC2)ccc1Nc1cc(Nc2ccccc2-c2ncccn2)c(C(F)(F)F)cn1. The lowest BCUT2D eigenvalue weighted by atomic mass is 10.1. The molecule has 1 aliphatic heterocycles. The van der Waals surface area contributed by atoms with E-state index in [0.29, 0.717) is 28.5 Å². The molecule has 2 aromatic heterocycles. The number of piperazine rings is 1. The predicted molar refractivity (Wildman–Crippen MR) is 146 cm³/mol. The van der Waals surface area contributed by atoms with Gasteiger partial charge in [-0.3, -0.25) is 0 Å².